The zero-order valence-corrected chi connectivity index (χ0v) is 9.48. The zero-order valence-electron chi connectivity index (χ0n) is 9.48. The van der Waals surface area contributed by atoms with Gasteiger partial charge in [-0.15, -0.1) is 0 Å². The number of nitro groups is 1. The van der Waals surface area contributed by atoms with Crippen LogP contribution >= 0.6 is 0 Å². The SMILES string of the molecule is Nc1ccc(C=Nc2ccc([N+](=O)[O-])cc2)cc1. The van der Waals surface area contributed by atoms with Crippen molar-refractivity contribution in [3.63, 3.8) is 0 Å². The summed E-state index contributed by atoms with van der Waals surface area (Å²) < 4.78 is 0. The summed E-state index contributed by atoms with van der Waals surface area (Å²) in [7, 11) is 0. The Kier molecular flexibility index (Phi) is 3.33. The number of benzene rings is 2. The number of nitrogen functional groups attached to an aromatic ring is 1. The van der Waals surface area contributed by atoms with Gasteiger partial charge in [-0.2, -0.15) is 0 Å². The molecule has 2 rings (SSSR count). The fraction of sp³-hybridized carbons (Fsp3) is 0. The fourth-order valence-electron chi connectivity index (χ4n) is 1.39. The van der Waals surface area contributed by atoms with Crippen molar-refractivity contribution >= 4 is 23.3 Å². The molecule has 2 aromatic rings. The van der Waals surface area contributed by atoms with E-state index in [1.54, 1.807) is 30.5 Å². The first-order chi connectivity index (χ1) is 8.65. The van der Waals surface area contributed by atoms with Gasteiger partial charge in [0.25, 0.3) is 5.69 Å². The topological polar surface area (TPSA) is 81.5 Å². The van der Waals surface area contributed by atoms with Crippen LogP contribution in [0.25, 0.3) is 0 Å². The summed E-state index contributed by atoms with van der Waals surface area (Å²) >= 11 is 0. The number of nitrogens with zero attached hydrogens (tertiary/aromatic N) is 2. The third-order valence-electron chi connectivity index (χ3n) is 2.36. The van der Waals surface area contributed by atoms with Crippen molar-refractivity contribution in [2.45, 2.75) is 0 Å². The summed E-state index contributed by atoms with van der Waals surface area (Å²) in [5, 5.41) is 10.5. The van der Waals surface area contributed by atoms with Gasteiger partial charge in [-0.05, 0) is 29.8 Å². The minimum atomic E-state index is -0.437. The molecule has 90 valence electrons. The van der Waals surface area contributed by atoms with Gasteiger partial charge < -0.3 is 5.73 Å². The molecule has 0 aliphatic carbocycles. The van der Waals surface area contributed by atoms with Crippen LogP contribution in [0.2, 0.25) is 0 Å². The molecule has 0 aliphatic rings. The first-order valence-electron chi connectivity index (χ1n) is 5.29. The van der Waals surface area contributed by atoms with E-state index in [0.29, 0.717) is 11.4 Å². The third-order valence-corrected chi connectivity index (χ3v) is 2.36. The molecule has 0 unspecified atom stereocenters. The largest absolute Gasteiger partial charge is 0.399 e. The van der Waals surface area contributed by atoms with Crippen LogP contribution in [0.15, 0.2) is 53.5 Å². The van der Waals surface area contributed by atoms with E-state index in [9.17, 15) is 10.1 Å². The molecule has 0 atom stereocenters. The molecule has 0 fully saturated rings. The van der Waals surface area contributed by atoms with Gasteiger partial charge >= 0.3 is 0 Å². The van der Waals surface area contributed by atoms with Crippen molar-refractivity contribution in [2.24, 2.45) is 4.99 Å². The maximum Gasteiger partial charge on any atom is 0.269 e. The molecule has 0 spiro atoms. The highest BCUT2D eigenvalue weighted by atomic mass is 16.6. The lowest BCUT2D eigenvalue weighted by atomic mass is 10.2. The number of hydrogen-bond acceptors (Lipinski definition) is 4. The van der Waals surface area contributed by atoms with Crippen LogP contribution < -0.4 is 5.73 Å². The number of nitrogens with two attached hydrogens (primary N) is 1. The monoisotopic (exact) mass is 241 g/mol. The van der Waals surface area contributed by atoms with E-state index < -0.39 is 4.92 Å². The fourth-order valence-corrected chi connectivity index (χ4v) is 1.39. The molecule has 2 N–H and O–H groups in total. The maximum atomic E-state index is 10.5. The van der Waals surface area contributed by atoms with Crippen LogP contribution in [-0.2, 0) is 0 Å². The summed E-state index contributed by atoms with van der Waals surface area (Å²) in [6, 6.07) is 13.3. The van der Waals surface area contributed by atoms with Crippen molar-refractivity contribution in [3.05, 3.63) is 64.2 Å². The van der Waals surface area contributed by atoms with E-state index in [1.165, 1.54) is 12.1 Å². The van der Waals surface area contributed by atoms with Gasteiger partial charge in [0.1, 0.15) is 0 Å². The van der Waals surface area contributed by atoms with Crippen molar-refractivity contribution in [3.8, 4) is 0 Å². The Bertz CT molecular complexity index is 574. The minimum absolute atomic E-state index is 0.0569. The number of hydrogen-bond donors (Lipinski definition) is 1. The standard InChI is InChI=1S/C13H11N3O2/c14-11-3-1-10(2-4-11)9-15-12-5-7-13(8-6-12)16(17)18/h1-9H,14H2. The quantitative estimate of drug-likeness (QED) is 0.388. The number of aliphatic imine (C=N–C) groups is 1. The Hall–Kier alpha value is -2.69. The lowest BCUT2D eigenvalue weighted by Gasteiger charge is -1.95. The molecule has 0 saturated heterocycles. The Morgan fingerprint density at radius 1 is 1.06 bits per heavy atom. The predicted molar refractivity (Wildman–Crippen MR) is 71.2 cm³/mol. The highest BCUT2D eigenvalue weighted by Crippen LogP contribution is 2.17. The summed E-state index contributed by atoms with van der Waals surface area (Å²) in [4.78, 5) is 14.3. The molecular formula is C13H11N3O2. The first kappa shape index (κ1) is 11.8. The average Bonchev–Trinajstić information content (AvgIpc) is 2.38. The van der Waals surface area contributed by atoms with E-state index >= 15 is 0 Å². The Labute approximate surface area is 104 Å². The van der Waals surface area contributed by atoms with Gasteiger partial charge in [0.2, 0.25) is 0 Å². The Morgan fingerprint density at radius 3 is 2.22 bits per heavy atom. The van der Waals surface area contributed by atoms with Crippen molar-refractivity contribution in [1.29, 1.82) is 0 Å². The van der Waals surface area contributed by atoms with Crippen LogP contribution in [0.5, 0.6) is 0 Å². The molecule has 5 heteroatoms. The maximum absolute atomic E-state index is 10.5. The number of anilines is 1. The van der Waals surface area contributed by atoms with Gasteiger partial charge in [-0.25, -0.2) is 0 Å². The Balaban J connectivity index is 2.13. The normalized spacial score (nSPS) is 10.7. The predicted octanol–water partition coefficient (Wildman–Crippen LogP) is 2.93. The van der Waals surface area contributed by atoms with Gasteiger partial charge in [0.05, 0.1) is 10.6 Å². The molecule has 0 heterocycles. The van der Waals surface area contributed by atoms with Gasteiger partial charge in [-0.1, -0.05) is 12.1 Å². The summed E-state index contributed by atoms with van der Waals surface area (Å²) in [6.07, 6.45) is 1.68. The average molecular weight is 241 g/mol. The van der Waals surface area contributed by atoms with Gasteiger partial charge in [0.15, 0.2) is 0 Å². The van der Waals surface area contributed by atoms with Gasteiger partial charge in [-0.3, -0.25) is 15.1 Å². The second-order valence-corrected chi connectivity index (χ2v) is 3.70. The molecule has 0 bridgehead atoms. The van der Waals surface area contributed by atoms with Gasteiger partial charge in [0, 0.05) is 24.0 Å². The molecular weight excluding hydrogens is 230 g/mol. The molecule has 0 amide bonds. The van der Waals surface area contributed by atoms with Crippen molar-refractivity contribution in [2.75, 3.05) is 5.73 Å². The molecule has 2 aromatic carbocycles. The first-order valence-corrected chi connectivity index (χ1v) is 5.29. The van der Waals surface area contributed by atoms with E-state index in [-0.39, 0.29) is 5.69 Å². The lowest BCUT2D eigenvalue weighted by Crippen LogP contribution is -1.86. The summed E-state index contributed by atoms with van der Waals surface area (Å²) in [5.74, 6) is 0. The van der Waals surface area contributed by atoms with Crippen LogP contribution in [0.3, 0.4) is 0 Å². The molecule has 0 aliphatic heterocycles. The number of rotatable bonds is 3. The Morgan fingerprint density at radius 2 is 1.67 bits per heavy atom. The van der Waals surface area contributed by atoms with E-state index in [0.717, 1.165) is 5.56 Å². The van der Waals surface area contributed by atoms with Crippen LogP contribution in [0.4, 0.5) is 17.1 Å². The highest BCUT2D eigenvalue weighted by molar-refractivity contribution is 5.82. The van der Waals surface area contributed by atoms with E-state index in [4.69, 9.17) is 5.73 Å². The van der Waals surface area contributed by atoms with Crippen molar-refractivity contribution in [1.82, 2.24) is 0 Å². The van der Waals surface area contributed by atoms with Crippen LogP contribution in [-0.4, -0.2) is 11.1 Å². The zero-order chi connectivity index (χ0) is 13.0. The summed E-state index contributed by atoms with van der Waals surface area (Å²) in [5.41, 5.74) is 7.91. The molecule has 5 nitrogen and oxygen atoms in total. The smallest absolute Gasteiger partial charge is 0.269 e. The number of non-ortho nitro benzene ring substituents is 1. The number of nitro benzene ring substituents is 1. The van der Waals surface area contributed by atoms with Crippen LogP contribution in [0.1, 0.15) is 5.56 Å². The molecule has 18 heavy (non-hydrogen) atoms. The van der Waals surface area contributed by atoms with E-state index in [2.05, 4.69) is 4.99 Å². The molecule has 0 saturated carbocycles. The second-order valence-electron chi connectivity index (χ2n) is 3.70. The molecule has 0 aromatic heterocycles. The van der Waals surface area contributed by atoms with Crippen LogP contribution in [0, 0.1) is 10.1 Å². The third kappa shape index (κ3) is 2.91. The highest BCUT2D eigenvalue weighted by Gasteiger charge is 2.02. The molecule has 0 radical (unpaired) electrons. The summed E-state index contributed by atoms with van der Waals surface area (Å²) in [6.45, 7) is 0. The van der Waals surface area contributed by atoms with Crippen molar-refractivity contribution < 1.29 is 4.92 Å². The minimum Gasteiger partial charge on any atom is -0.399 e. The van der Waals surface area contributed by atoms with E-state index in [1.807, 2.05) is 12.1 Å². The lowest BCUT2D eigenvalue weighted by molar-refractivity contribution is -0.384. The second kappa shape index (κ2) is 5.09.